The molecule has 1 N–H and O–H groups in total. The molecule has 1 aliphatic heterocycles. The number of benzene rings is 2. The third kappa shape index (κ3) is 2.96. The highest BCUT2D eigenvalue weighted by Crippen LogP contribution is 2.41. The lowest BCUT2D eigenvalue weighted by atomic mass is 9.86. The summed E-state index contributed by atoms with van der Waals surface area (Å²) in [5, 5.41) is 18.9. The van der Waals surface area contributed by atoms with Crippen LogP contribution in [0.4, 0.5) is 11.5 Å². The van der Waals surface area contributed by atoms with Crippen LogP contribution in [0.5, 0.6) is 0 Å². The van der Waals surface area contributed by atoms with Crippen molar-refractivity contribution >= 4 is 29.0 Å². The molecule has 0 spiro atoms. The average molecular weight is 383 g/mol. The van der Waals surface area contributed by atoms with Crippen LogP contribution >= 0.6 is 11.6 Å². The number of anilines is 1. The van der Waals surface area contributed by atoms with Crippen molar-refractivity contribution in [1.82, 2.24) is 9.78 Å². The van der Waals surface area contributed by atoms with E-state index in [1.165, 1.54) is 12.1 Å². The number of para-hydroxylation sites is 1. The molecule has 8 heteroatoms. The number of non-ortho nitro benzene ring substituents is 1. The van der Waals surface area contributed by atoms with Gasteiger partial charge in [0.2, 0.25) is 5.91 Å². The summed E-state index contributed by atoms with van der Waals surface area (Å²) in [5.41, 5.74) is 3.19. The molecule has 1 atom stereocenters. The van der Waals surface area contributed by atoms with E-state index < -0.39 is 4.92 Å². The second-order valence-electron chi connectivity index (χ2n) is 6.36. The third-order valence-electron chi connectivity index (χ3n) is 4.69. The van der Waals surface area contributed by atoms with Crippen molar-refractivity contribution in [1.29, 1.82) is 0 Å². The van der Waals surface area contributed by atoms with E-state index in [-0.39, 0.29) is 23.9 Å². The predicted octanol–water partition coefficient (Wildman–Crippen LogP) is 4.22. The van der Waals surface area contributed by atoms with Gasteiger partial charge in [0.25, 0.3) is 5.69 Å². The van der Waals surface area contributed by atoms with Gasteiger partial charge < -0.3 is 5.32 Å². The molecule has 27 heavy (non-hydrogen) atoms. The fraction of sp³-hybridized carbons (Fsp3) is 0.158. The zero-order valence-corrected chi connectivity index (χ0v) is 15.1. The number of hydrogen-bond acceptors (Lipinski definition) is 4. The smallest absolute Gasteiger partial charge is 0.269 e. The van der Waals surface area contributed by atoms with Crippen LogP contribution in [0.3, 0.4) is 0 Å². The maximum absolute atomic E-state index is 12.4. The fourth-order valence-corrected chi connectivity index (χ4v) is 3.67. The van der Waals surface area contributed by atoms with E-state index >= 15 is 0 Å². The van der Waals surface area contributed by atoms with E-state index in [1.807, 2.05) is 25.1 Å². The minimum absolute atomic E-state index is 0.0164. The molecule has 0 saturated heterocycles. The van der Waals surface area contributed by atoms with Crippen molar-refractivity contribution < 1.29 is 9.72 Å². The number of hydrogen-bond donors (Lipinski definition) is 1. The zero-order valence-electron chi connectivity index (χ0n) is 14.3. The van der Waals surface area contributed by atoms with Gasteiger partial charge in [-0.15, -0.1) is 0 Å². The zero-order chi connectivity index (χ0) is 19.1. The number of halogens is 1. The minimum atomic E-state index is -0.441. The van der Waals surface area contributed by atoms with Crippen LogP contribution in [0.1, 0.15) is 29.2 Å². The Bertz CT molecular complexity index is 1060. The van der Waals surface area contributed by atoms with Crippen molar-refractivity contribution in [2.75, 3.05) is 5.32 Å². The molecule has 1 amide bonds. The Morgan fingerprint density at radius 3 is 2.59 bits per heavy atom. The van der Waals surface area contributed by atoms with Gasteiger partial charge in [0.1, 0.15) is 5.82 Å². The van der Waals surface area contributed by atoms with Crippen molar-refractivity contribution in [3.05, 3.63) is 80.5 Å². The first kappa shape index (κ1) is 17.2. The number of carbonyl (C=O) groups is 1. The summed E-state index contributed by atoms with van der Waals surface area (Å²) >= 11 is 6.31. The van der Waals surface area contributed by atoms with Gasteiger partial charge >= 0.3 is 0 Å². The molecule has 1 aromatic heterocycles. The molecule has 0 fully saturated rings. The molecule has 0 radical (unpaired) electrons. The van der Waals surface area contributed by atoms with Crippen LogP contribution < -0.4 is 5.32 Å². The Morgan fingerprint density at radius 1 is 1.22 bits per heavy atom. The van der Waals surface area contributed by atoms with E-state index in [1.54, 1.807) is 22.9 Å². The van der Waals surface area contributed by atoms with Crippen molar-refractivity contribution in [3.8, 4) is 5.69 Å². The summed E-state index contributed by atoms with van der Waals surface area (Å²) in [6.07, 6.45) is 0.250. The number of nitro benzene ring substituents is 1. The molecule has 136 valence electrons. The summed E-state index contributed by atoms with van der Waals surface area (Å²) in [4.78, 5) is 22.8. The SMILES string of the molecule is Cc1nn(-c2ccccc2Cl)c2c1C(c1ccc([N+](=O)[O-])cc1)CC(=O)N2. The van der Waals surface area contributed by atoms with Crippen LogP contribution in [0.2, 0.25) is 5.02 Å². The number of aromatic nitrogens is 2. The maximum Gasteiger partial charge on any atom is 0.269 e. The topological polar surface area (TPSA) is 90.1 Å². The van der Waals surface area contributed by atoms with Crippen LogP contribution in [-0.4, -0.2) is 20.6 Å². The summed E-state index contributed by atoms with van der Waals surface area (Å²) in [5.74, 6) is 0.213. The highest BCUT2D eigenvalue weighted by molar-refractivity contribution is 6.32. The van der Waals surface area contributed by atoms with Gasteiger partial charge in [-0.25, -0.2) is 4.68 Å². The number of carbonyl (C=O) groups excluding carboxylic acids is 1. The van der Waals surface area contributed by atoms with Crippen molar-refractivity contribution in [2.45, 2.75) is 19.3 Å². The number of nitrogens with zero attached hydrogens (tertiary/aromatic N) is 3. The Hall–Kier alpha value is -3.19. The third-order valence-corrected chi connectivity index (χ3v) is 5.01. The molecule has 1 aliphatic rings. The van der Waals surface area contributed by atoms with Crippen molar-refractivity contribution in [3.63, 3.8) is 0 Å². The minimum Gasteiger partial charge on any atom is -0.310 e. The lowest BCUT2D eigenvalue weighted by Gasteiger charge is -2.24. The Balaban J connectivity index is 1.84. The second-order valence-corrected chi connectivity index (χ2v) is 6.77. The van der Waals surface area contributed by atoms with Crippen molar-refractivity contribution in [2.24, 2.45) is 0 Å². The molecule has 1 unspecified atom stereocenters. The van der Waals surface area contributed by atoms with Gasteiger partial charge in [0.15, 0.2) is 0 Å². The molecule has 0 bridgehead atoms. The van der Waals surface area contributed by atoms with Gasteiger partial charge in [-0.05, 0) is 24.6 Å². The largest absolute Gasteiger partial charge is 0.310 e. The Morgan fingerprint density at radius 2 is 1.93 bits per heavy atom. The summed E-state index contributed by atoms with van der Waals surface area (Å²) in [7, 11) is 0. The van der Waals surface area contributed by atoms with Gasteiger partial charge in [-0.1, -0.05) is 35.9 Å². The summed E-state index contributed by atoms with van der Waals surface area (Å²) in [6, 6.07) is 13.6. The number of aryl methyl sites for hydroxylation is 1. The van der Waals surface area contributed by atoms with E-state index in [0.29, 0.717) is 16.5 Å². The van der Waals surface area contributed by atoms with Crippen LogP contribution in [0, 0.1) is 17.0 Å². The summed E-state index contributed by atoms with van der Waals surface area (Å²) < 4.78 is 1.64. The Labute approximate surface area is 159 Å². The molecular formula is C19H15ClN4O3. The van der Waals surface area contributed by atoms with E-state index in [2.05, 4.69) is 10.4 Å². The second kappa shape index (κ2) is 6.51. The quantitative estimate of drug-likeness (QED) is 0.542. The number of nitro groups is 1. The molecule has 3 aromatic rings. The maximum atomic E-state index is 12.4. The van der Waals surface area contributed by atoms with Crippen LogP contribution in [0.15, 0.2) is 48.5 Å². The normalized spacial score (nSPS) is 15.9. The van der Waals surface area contributed by atoms with Gasteiger partial charge in [-0.3, -0.25) is 14.9 Å². The number of nitrogens with one attached hydrogen (secondary N) is 1. The predicted molar refractivity (Wildman–Crippen MR) is 101 cm³/mol. The monoisotopic (exact) mass is 382 g/mol. The highest BCUT2D eigenvalue weighted by Gasteiger charge is 2.33. The number of amides is 1. The lowest BCUT2D eigenvalue weighted by molar-refractivity contribution is -0.384. The molecule has 4 rings (SSSR count). The molecule has 0 aliphatic carbocycles. The Kier molecular flexibility index (Phi) is 4.16. The molecule has 2 heterocycles. The van der Waals surface area contributed by atoms with Gasteiger partial charge in [0.05, 0.1) is 21.3 Å². The number of fused-ring (bicyclic) bond motifs is 1. The fourth-order valence-electron chi connectivity index (χ4n) is 3.46. The van der Waals surface area contributed by atoms with Gasteiger partial charge in [-0.2, -0.15) is 5.10 Å². The van der Waals surface area contributed by atoms with E-state index in [0.717, 1.165) is 16.8 Å². The molecule has 2 aromatic carbocycles. The summed E-state index contributed by atoms with van der Waals surface area (Å²) in [6.45, 7) is 1.88. The molecule has 0 saturated carbocycles. The molecule has 7 nitrogen and oxygen atoms in total. The first-order valence-corrected chi connectivity index (χ1v) is 8.72. The lowest BCUT2D eigenvalue weighted by Crippen LogP contribution is -2.25. The first-order valence-electron chi connectivity index (χ1n) is 8.34. The average Bonchev–Trinajstić information content (AvgIpc) is 2.98. The standard InChI is InChI=1S/C19H15ClN4O3/c1-11-18-14(12-6-8-13(9-7-12)24(26)27)10-17(25)21-19(18)23(22-11)16-5-3-2-4-15(16)20/h2-9,14H,10H2,1H3,(H,21,25). The molecular weight excluding hydrogens is 368 g/mol. The van der Waals surface area contributed by atoms with Gasteiger partial charge in [0, 0.05) is 30.0 Å². The van der Waals surface area contributed by atoms with Crippen LogP contribution in [0.25, 0.3) is 5.69 Å². The van der Waals surface area contributed by atoms with Crippen LogP contribution in [-0.2, 0) is 4.79 Å². The highest BCUT2D eigenvalue weighted by atomic mass is 35.5. The van der Waals surface area contributed by atoms with E-state index in [9.17, 15) is 14.9 Å². The first-order chi connectivity index (χ1) is 13.0. The van der Waals surface area contributed by atoms with E-state index in [4.69, 9.17) is 11.6 Å². The number of rotatable bonds is 3.